The van der Waals surface area contributed by atoms with Gasteiger partial charge < -0.3 is 5.73 Å². The molecule has 0 amide bonds. The van der Waals surface area contributed by atoms with Gasteiger partial charge in [0.05, 0.1) is 0 Å². The first-order chi connectivity index (χ1) is 7.33. The Kier molecular flexibility index (Phi) is 5.56. The summed E-state index contributed by atoms with van der Waals surface area (Å²) in [5.74, 6) is 0. The minimum absolute atomic E-state index is 0.822. The lowest BCUT2D eigenvalue weighted by Gasteiger charge is -1.88. The van der Waals surface area contributed by atoms with Crippen LogP contribution in [0.5, 0.6) is 0 Å². The third kappa shape index (κ3) is 5.23. The molecule has 2 heteroatoms. The summed E-state index contributed by atoms with van der Waals surface area (Å²) < 4.78 is 0. The maximum absolute atomic E-state index is 5.36. The van der Waals surface area contributed by atoms with Gasteiger partial charge in [0, 0.05) is 11.0 Å². The fourth-order valence-electron chi connectivity index (χ4n) is 1.02. The van der Waals surface area contributed by atoms with Crippen LogP contribution in [-0.4, -0.2) is 0 Å². The van der Waals surface area contributed by atoms with Crippen LogP contribution < -0.4 is 5.73 Å². The highest BCUT2D eigenvalue weighted by molar-refractivity contribution is 9.08. The van der Waals surface area contributed by atoms with E-state index < -0.39 is 0 Å². The third-order valence-electron chi connectivity index (χ3n) is 1.80. The lowest BCUT2D eigenvalue weighted by molar-refractivity contribution is 1.44. The van der Waals surface area contributed by atoms with Crippen molar-refractivity contribution in [2.45, 2.75) is 5.33 Å². The molecule has 0 heterocycles. The summed E-state index contributed by atoms with van der Waals surface area (Å²) in [4.78, 5) is 0. The highest BCUT2D eigenvalue weighted by atomic mass is 79.9. The Balaban J connectivity index is 0.000000151. The summed E-state index contributed by atoms with van der Waals surface area (Å²) in [6.45, 7) is 0. The molecule has 0 spiro atoms. The van der Waals surface area contributed by atoms with Crippen molar-refractivity contribution in [1.82, 2.24) is 0 Å². The first kappa shape index (κ1) is 11.8. The van der Waals surface area contributed by atoms with Gasteiger partial charge in [0.1, 0.15) is 0 Å². The van der Waals surface area contributed by atoms with Gasteiger partial charge in [-0.15, -0.1) is 0 Å². The molecule has 2 aromatic rings. The van der Waals surface area contributed by atoms with E-state index in [4.69, 9.17) is 5.73 Å². The Morgan fingerprint density at radius 1 is 0.800 bits per heavy atom. The smallest absolute Gasteiger partial charge is 0.0313 e. The number of hydrogen-bond donors (Lipinski definition) is 1. The van der Waals surface area contributed by atoms with Gasteiger partial charge in [-0.1, -0.05) is 64.5 Å². The topological polar surface area (TPSA) is 26.0 Å². The number of nitrogens with two attached hydrogens (primary N) is 1. The maximum Gasteiger partial charge on any atom is 0.0313 e. The van der Waals surface area contributed by atoms with E-state index in [9.17, 15) is 0 Å². The molecule has 1 nitrogen and oxygen atoms in total. The highest BCUT2D eigenvalue weighted by Crippen LogP contribution is 2.02. The molecule has 0 unspecified atom stereocenters. The Morgan fingerprint density at radius 3 is 1.53 bits per heavy atom. The average molecular weight is 264 g/mol. The highest BCUT2D eigenvalue weighted by Gasteiger charge is 1.81. The average Bonchev–Trinajstić information content (AvgIpc) is 2.32. The van der Waals surface area contributed by atoms with Gasteiger partial charge in [-0.2, -0.15) is 0 Å². The van der Waals surface area contributed by atoms with Crippen LogP contribution in [0.15, 0.2) is 60.7 Å². The second-order valence-electron chi connectivity index (χ2n) is 3.03. The number of nitrogen functional groups attached to an aromatic ring is 1. The largest absolute Gasteiger partial charge is 0.399 e. The van der Waals surface area contributed by atoms with E-state index in [0.29, 0.717) is 0 Å². The zero-order valence-corrected chi connectivity index (χ0v) is 10.0. The summed E-state index contributed by atoms with van der Waals surface area (Å²) in [5.41, 5.74) is 7.51. The number of hydrogen-bond acceptors (Lipinski definition) is 1. The van der Waals surface area contributed by atoms with Crippen molar-refractivity contribution in [1.29, 1.82) is 0 Å². The zero-order chi connectivity index (χ0) is 10.9. The summed E-state index contributed by atoms with van der Waals surface area (Å²) in [6, 6.07) is 19.8. The van der Waals surface area contributed by atoms with Crippen LogP contribution in [0.3, 0.4) is 0 Å². The Hall–Kier alpha value is -1.28. The monoisotopic (exact) mass is 263 g/mol. The van der Waals surface area contributed by atoms with Crippen LogP contribution in [0.2, 0.25) is 0 Å². The molecule has 0 saturated carbocycles. The molecule has 0 aliphatic rings. The Morgan fingerprint density at radius 2 is 1.27 bits per heavy atom. The molecule has 15 heavy (non-hydrogen) atoms. The van der Waals surface area contributed by atoms with Gasteiger partial charge in [0.15, 0.2) is 0 Å². The van der Waals surface area contributed by atoms with Crippen molar-refractivity contribution >= 4 is 21.6 Å². The molecule has 0 saturated heterocycles. The number of alkyl halides is 1. The molecular weight excluding hydrogens is 250 g/mol. The lowest BCUT2D eigenvalue weighted by atomic mass is 10.2. The van der Waals surface area contributed by atoms with Crippen LogP contribution >= 0.6 is 15.9 Å². The predicted molar refractivity (Wildman–Crippen MR) is 69.9 cm³/mol. The molecule has 0 radical (unpaired) electrons. The molecule has 2 aromatic carbocycles. The summed E-state index contributed by atoms with van der Waals surface area (Å²) >= 11 is 3.36. The third-order valence-corrected chi connectivity index (χ3v) is 2.44. The minimum atomic E-state index is 0.822. The summed E-state index contributed by atoms with van der Waals surface area (Å²) in [5, 5.41) is 0.952. The molecule has 2 N–H and O–H groups in total. The van der Waals surface area contributed by atoms with E-state index in [2.05, 4.69) is 28.1 Å². The zero-order valence-electron chi connectivity index (χ0n) is 8.44. The van der Waals surface area contributed by atoms with Gasteiger partial charge in [-0.3, -0.25) is 0 Å². The fourth-order valence-corrected chi connectivity index (χ4v) is 1.39. The Bertz CT molecular complexity index is 359. The van der Waals surface area contributed by atoms with Crippen LogP contribution in [0.25, 0.3) is 0 Å². The quantitative estimate of drug-likeness (QED) is 0.614. The van der Waals surface area contributed by atoms with Crippen molar-refractivity contribution in [3.63, 3.8) is 0 Å². The van der Waals surface area contributed by atoms with Crippen LogP contribution in [0.1, 0.15) is 5.56 Å². The van der Waals surface area contributed by atoms with E-state index in [1.54, 1.807) is 0 Å². The first-order valence-corrected chi connectivity index (χ1v) is 5.85. The summed E-state index contributed by atoms with van der Waals surface area (Å²) in [6.07, 6.45) is 0. The molecule has 0 bridgehead atoms. The van der Waals surface area contributed by atoms with E-state index in [0.717, 1.165) is 11.0 Å². The predicted octanol–water partition coefficient (Wildman–Crippen LogP) is 3.85. The van der Waals surface area contributed by atoms with E-state index in [1.165, 1.54) is 5.56 Å². The molecule has 0 aromatic heterocycles. The van der Waals surface area contributed by atoms with Crippen molar-refractivity contribution in [3.8, 4) is 0 Å². The molecule has 2 rings (SSSR count). The Labute approximate surface area is 99.1 Å². The van der Waals surface area contributed by atoms with Crippen molar-refractivity contribution < 1.29 is 0 Å². The second kappa shape index (κ2) is 7.07. The fraction of sp³-hybridized carbons (Fsp3) is 0.0769. The van der Waals surface area contributed by atoms with Crippen LogP contribution in [0.4, 0.5) is 5.69 Å². The van der Waals surface area contributed by atoms with Crippen LogP contribution in [-0.2, 0) is 5.33 Å². The molecule has 0 aliphatic heterocycles. The molecule has 78 valence electrons. The van der Waals surface area contributed by atoms with E-state index >= 15 is 0 Å². The van der Waals surface area contributed by atoms with Gasteiger partial charge in [-0.25, -0.2) is 0 Å². The van der Waals surface area contributed by atoms with Gasteiger partial charge in [0.25, 0.3) is 0 Å². The summed E-state index contributed by atoms with van der Waals surface area (Å²) in [7, 11) is 0. The molecule has 0 aliphatic carbocycles. The standard InChI is InChI=1S/C7H7Br.C6H7N/c8-6-7-4-2-1-3-5-7;7-6-4-2-1-3-5-6/h1-5H,6H2;1-5H,7H2. The van der Waals surface area contributed by atoms with Crippen molar-refractivity contribution in [2.75, 3.05) is 5.73 Å². The maximum atomic E-state index is 5.36. The van der Waals surface area contributed by atoms with Crippen molar-refractivity contribution in [2.24, 2.45) is 0 Å². The first-order valence-electron chi connectivity index (χ1n) is 4.73. The molecule has 0 fully saturated rings. The number of benzene rings is 2. The molecular formula is C13H14BrN. The van der Waals surface area contributed by atoms with Crippen molar-refractivity contribution in [3.05, 3.63) is 66.2 Å². The number of anilines is 1. The SMILES string of the molecule is BrCc1ccccc1.Nc1ccccc1. The van der Waals surface area contributed by atoms with E-state index in [1.807, 2.05) is 48.5 Å². The number of rotatable bonds is 1. The molecule has 0 atom stereocenters. The normalized spacial score (nSPS) is 8.87. The number of halogens is 1. The van der Waals surface area contributed by atoms with Crippen LogP contribution in [0, 0.1) is 0 Å². The number of para-hydroxylation sites is 1. The minimum Gasteiger partial charge on any atom is -0.399 e. The van der Waals surface area contributed by atoms with Gasteiger partial charge in [0.2, 0.25) is 0 Å². The van der Waals surface area contributed by atoms with E-state index in [-0.39, 0.29) is 0 Å². The second-order valence-corrected chi connectivity index (χ2v) is 3.59. The van der Waals surface area contributed by atoms with Gasteiger partial charge in [-0.05, 0) is 17.7 Å². The lowest BCUT2D eigenvalue weighted by Crippen LogP contribution is -1.79. The van der Waals surface area contributed by atoms with Gasteiger partial charge >= 0.3 is 0 Å².